The van der Waals surface area contributed by atoms with Crippen LogP contribution >= 0.6 is 0 Å². The maximum absolute atomic E-state index is 13.2. The zero-order chi connectivity index (χ0) is 20.8. The highest BCUT2D eigenvalue weighted by molar-refractivity contribution is 6.04. The van der Waals surface area contributed by atoms with E-state index in [1.54, 1.807) is 0 Å². The first kappa shape index (κ1) is 19.4. The first-order chi connectivity index (χ1) is 13.0. The fourth-order valence-corrected chi connectivity index (χ4v) is 2.96. The summed E-state index contributed by atoms with van der Waals surface area (Å²) in [6.07, 6.45) is -5.45. The largest absolute Gasteiger partial charge is 0.477 e. The quantitative estimate of drug-likeness (QED) is 0.634. The first-order valence-electron chi connectivity index (χ1n) is 8.09. The molecular formula is C19H15F3N2O4. The highest BCUT2D eigenvalue weighted by Crippen LogP contribution is 2.33. The van der Waals surface area contributed by atoms with Crippen LogP contribution in [-0.4, -0.2) is 20.7 Å². The molecule has 0 aliphatic rings. The van der Waals surface area contributed by atoms with E-state index < -0.39 is 40.6 Å². The van der Waals surface area contributed by atoms with Crippen molar-refractivity contribution in [1.82, 2.24) is 4.57 Å². The first-order valence-corrected chi connectivity index (χ1v) is 8.09. The van der Waals surface area contributed by atoms with Gasteiger partial charge in [-0.25, -0.2) is 4.79 Å². The van der Waals surface area contributed by atoms with E-state index in [2.05, 4.69) is 0 Å². The number of carboxylic acids is 1. The van der Waals surface area contributed by atoms with Crippen LogP contribution in [0.5, 0.6) is 0 Å². The standard InChI is InChI=1S/C19H15F3N2O4/c1-9(25)10-2-5-12(6-3-10)24-14-8-11(19(20,21)22)4-7-13(14)16(23)15(17(24)26)18(27)28/h2-9,25H,23H2,1H3,(H,27,28). The number of aliphatic hydroxyl groups excluding tert-OH is 1. The molecule has 3 aromatic rings. The lowest BCUT2D eigenvalue weighted by Crippen LogP contribution is -2.27. The minimum absolute atomic E-state index is 0.00426. The lowest BCUT2D eigenvalue weighted by molar-refractivity contribution is -0.137. The molecule has 0 saturated carbocycles. The van der Waals surface area contributed by atoms with Crippen molar-refractivity contribution >= 4 is 22.6 Å². The highest BCUT2D eigenvalue weighted by Gasteiger charge is 2.31. The third-order valence-corrected chi connectivity index (χ3v) is 4.39. The molecule has 0 radical (unpaired) electrons. The van der Waals surface area contributed by atoms with Gasteiger partial charge in [0.05, 0.1) is 22.9 Å². The summed E-state index contributed by atoms with van der Waals surface area (Å²) in [4.78, 5) is 24.3. The Morgan fingerprint density at radius 2 is 1.75 bits per heavy atom. The van der Waals surface area contributed by atoms with E-state index in [0.29, 0.717) is 5.56 Å². The van der Waals surface area contributed by atoms with Crippen molar-refractivity contribution in [3.8, 4) is 5.69 Å². The van der Waals surface area contributed by atoms with Gasteiger partial charge in [0, 0.05) is 11.1 Å². The average molecular weight is 392 g/mol. The number of aromatic carboxylic acids is 1. The molecule has 0 fully saturated rings. The number of anilines is 1. The van der Waals surface area contributed by atoms with Crippen LogP contribution in [-0.2, 0) is 6.18 Å². The Hall–Kier alpha value is -3.33. The van der Waals surface area contributed by atoms with Crippen molar-refractivity contribution in [1.29, 1.82) is 0 Å². The number of pyridine rings is 1. The van der Waals surface area contributed by atoms with Crippen molar-refractivity contribution in [3.05, 3.63) is 69.5 Å². The van der Waals surface area contributed by atoms with E-state index in [9.17, 15) is 33.0 Å². The van der Waals surface area contributed by atoms with Crippen LogP contribution < -0.4 is 11.3 Å². The monoisotopic (exact) mass is 392 g/mol. The SMILES string of the molecule is CC(O)c1ccc(-n2c(=O)c(C(=O)O)c(N)c3ccc(C(F)(F)F)cc32)cc1. The maximum atomic E-state index is 13.2. The number of nitrogen functional groups attached to an aromatic ring is 1. The Labute approximate surface area is 156 Å². The van der Waals surface area contributed by atoms with Crippen molar-refractivity contribution < 1.29 is 28.2 Å². The van der Waals surface area contributed by atoms with E-state index >= 15 is 0 Å². The van der Waals surface area contributed by atoms with Crippen molar-refractivity contribution in [3.63, 3.8) is 0 Å². The van der Waals surface area contributed by atoms with Crippen LogP contribution in [0.1, 0.15) is 34.5 Å². The van der Waals surface area contributed by atoms with Gasteiger partial charge in [-0.05, 0) is 36.8 Å². The molecule has 9 heteroatoms. The zero-order valence-corrected chi connectivity index (χ0v) is 14.5. The third kappa shape index (κ3) is 3.20. The number of hydrogen-bond donors (Lipinski definition) is 3. The van der Waals surface area contributed by atoms with Gasteiger partial charge in [0.15, 0.2) is 0 Å². The Morgan fingerprint density at radius 1 is 1.14 bits per heavy atom. The summed E-state index contributed by atoms with van der Waals surface area (Å²) < 4.78 is 40.4. The second-order valence-electron chi connectivity index (χ2n) is 6.23. The maximum Gasteiger partial charge on any atom is 0.416 e. The van der Waals surface area contributed by atoms with E-state index in [-0.39, 0.29) is 16.6 Å². The summed E-state index contributed by atoms with van der Waals surface area (Å²) >= 11 is 0. The van der Waals surface area contributed by atoms with Gasteiger partial charge in [-0.1, -0.05) is 18.2 Å². The fourth-order valence-electron chi connectivity index (χ4n) is 2.96. The predicted molar refractivity (Wildman–Crippen MR) is 96.6 cm³/mol. The number of aromatic nitrogens is 1. The molecule has 0 spiro atoms. The number of nitrogens with two attached hydrogens (primary N) is 1. The smallest absolute Gasteiger partial charge is 0.416 e. The number of fused-ring (bicyclic) bond motifs is 1. The van der Waals surface area contributed by atoms with Gasteiger partial charge >= 0.3 is 12.1 Å². The van der Waals surface area contributed by atoms with Gasteiger partial charge in [0.1, 0.15) is 5.56 Å². The lowest BCUT2D eigenvalue weighted by atomic mass is 10.0. The molecule has 28 heavy (non-hydrogen) atoms. The molecule has 1 aromatic heterocycles. The van der Waals surface area contributed by atoms with Gasteiger partial charge < -0.3 is 15.9 Å². The molecule has 2 aromatic carbocycles. The average Bonchev–Trinajstić information content (AvgIpc) is 2.60. The van der Waals surface area contributed by atoms with E-state index in [1.165, 1.54) is 31.2 Å². The Kier molecular flexibility index (Phi) is 4.64. The number of alkyl halides is 3. The molecule has 4 N–H and O–H groups in total. The number of nitrogens with zero attached hydrogens (tertiary/aromatic N) is 1. The molecule has 146 valence electrons. The minimum atomic E-state index is -4.66. The molecule has 1 unspecified atom stereocenters. The van der Waals surface area contributed by atoms with E-state index in [0.717, 1.165) is 22.8 Å². The van der Waals surface area contributed by atoms with Gasteiger partial charge in [-0.3, -0.25) is 9.36 Å². The number of aliphatic hydroxyl groups is 1. The summed E-state index contributed by atoms with van der Waals surface area (Å²) in [6, 6.07) is 8.36. The molecule has 6 nitrogen and oxygen atoms in total. The second kappa shape index (κ2) is 6.68. The third-order valence-electron chi connectivity index (χ3n) is 4.39. The number of carboxylic acid groups (broad SMARTS) is 1. The van der Waals surface area contributed by atoms with Gasteiger partial charge in [0.25, 0.3) is 5.56 Å². The summed E-state index contributed by atoms with van der Waals surface area (Å²) in [5.74, 6) is -1.58. The number of halogens is 3. The molecular weight excluding hydrogens is 377 g/mol. The van der Waals surface area contributed by atoms with Crippen molar-refractivity contribution in [2.24, 2.45) is 0 Å². The summed E-state index contributed by atoms with van der Waals surface area (Å²) in [6.45, 7) is 1.53. The molecule has 1 heterocycles. The van der Waals surface area contributed by atoms with Crippen LogP contribution in [0.2, 0.25) is 0 Å². The van der Waals surface area contributed by atoms with Crippen LogP contribution in [0.4, 0.5) is 18.9 Å². The highest BCUT2D eigenvalue weighted by atomic mass is 19.4. The minimum Gasteiger partial charge on any atom is -0.477 e. The molecule has 0 amide bonds. The summed E-state index contributed by atoms with van der Waals surface area (Å²) in [5, 5.41) is 19.0. The Bertz CT molecular complexity index is 1130. The topological polar surface area (TPSA) is 106 Å². The van der Waals surface area contributed by atoms with Gasteiger partial charge in [-0.2, -0.15) is 13.2 Å². The molecule has 1 atom stereocenters. The number of rotatable bonds is 3. The fraction of sp³-hybridized carbons (Fsp3) is 0.158. The van der Waals surface area contributed by atoms with E-state index in [1.807, 2.05) is 0 Å². The van der Waals surface area contributed by atoms with E-state index in [4.69, 9.17) is 5.73 Å². The zero-order valence-electron chi connectivity index (χ0n) is 14.5. The van der Waals surface area contributed by atoms with Crippen LogP contribution in [0, 0.1) is 0 Å². The number of hydrogen-bond acceptors (Lipinski definition) is 4. The van der Waals surface area contributed by atoms with Crippen LogP contribution in [0.25, 0.3) is 16.6 Å². The summed E-state index contributed by atoms with van der Waals surface area (Å²) in [5.41, 5.74) is 3.08. The van der Waals surface area contributed by atoms with Crippen molar-refractivity contribution in [2.45, 2.75) is 19.2 Å². The second-order valence-corrected chi connectivity index (χ2v) is 6.23. The molecule has 0 bridgehead atoms. The van der Waals surface area contributed by atoms with Crippen LogP contribution in [0.3, 0.4) is 0 Å². The predicted octanol–water partition coefficient (Wildman–Crippen LogP) is 3.34. The van der Waals surface area contributed by atoms with Crippen LogP contribution in [0.15, 0.2) is 47.3 Å². The molecule has 0 aliphatic carbocycles. The van der Waals surface area contributed by atoms with Gasteiger partial charge in [0.2, 0.25) is 0 Å². The molecule has 0 aliphatic heterocycles. The molecule has 0 saturated heterocycles. The normalized spacial score (nSPS) is 12.9. The lowest BCUT2D eigenvalue weighted by Gasteiger charge is -2.17. The molecule has 3 rings (SSSR count). The number of benzene rings is 2. The van der Waals surface area contributed by atoms with Crippen molar-refractivity contribution in [2.75, 3.05) is 5.73 Å². The Balaban J connectivity index is 2.44. The number of carbonyl (C=O) groups is 1. The summed E-state index contributed by atoms with van der Waals surface area (Å²) in [7, 11) is 0. The Morgan fingerprint density at radius 3 is 2.25 bits per heavy atom. The van der Waals surface area contributed by atoms with Gasteiger partial charge in [-0.15, -0.1) is 0 Å².